The van der Waals surface area contributed by atoms with E-state index in [2.05, 4.69) is 31.3 Å². The summed E-state index contributed by atoms with van der Waals surface area (Å²) in [6, 6.07) is 14.2. The van der Waals surface area contributed by atoms with Crippen LogP contribution in [0.5, 0.6) is 0 Å². The molecule has 2 heterocycles. The van der Waals surface area contributed by atoms with Crippen molar-refractivity contribution >= 4 is 22.8 Å². The van der Waals surface area contributed by atoms with Crippen LogP contribution in [0.3, 0.4) is 0 Å². The van der Waals surface area contributed by atoms with Crippen LogP contribution in [0.1, 0.15) is 33.6 Å². The number of aromatic nitrogens is 4. The normalized spacial score (nSPS) is 11.0. The molecule has 0 aliphatic carbocycles. The van der Waals surface area contributed by atoms with Gasteiger partial charge in [0.2, 0.25) is 11.9 Å². The summed E-state index contributed by atoms with van der Waals surface area (Å²) in [5.74, 6) is 0.751. The summed E-state index contributed by atoms with van der Waals surface area (Å²) in [6.07, 6.45) is 0.543. The molecular weight excluding hydrogens is 362 g/mol. The van der Waals surface area contributed by atoms with Crippen molar-refractivity contribution in [3.63, 3.8) is 0 Å². The predicted octanol–water partition coefficient (Wildman–Crippen LogP) is 4.28. The van der Waals surface area contributed by atoms with Crippen molar-refractivity contribution in [2.24, 2.45) is 0 Å². The molecule has 2 N–H and O–H groups in total. The van der Waals surface area contributed by atoms with Gasteiger partial charge in [-0.2, -0.15) is 0 Å². The van der Waals surface area contributed by atoms with Gasteiger partial charge in [-0.1, -0.05) is 42.0 Å². The van der Waals surface area contributed by atoms with E-state index >= 15 is 0 Å². The second-order valence-corrected chi connectivity index (χ2v) is 7.42. The molecule has 0 radical (unpaired) electrons. The first-order chi connectivity index (χ1) is 13.9. The van der Waals surface area contributed by atoms with Crippen molar-refractivity contribution in [3.05, 3.63) is 86.5 Å². The van der Waals surface area contributed by atoms with Crippen molar-refractivity contribution in [2.75, 3.05) is 5.32 Å². The first kappa shape index (κ1) is 18.8. The van der Waals surface area contributed by atoms with Crippen molar-refractivity contribution < 1.29 is 0 Å². The zero-order valence-corrected chi connectivity index (χ0v) is 17.0. The monoisotopic (exact) mass is 385 g/mol. The largest absolute Gasteiger partial charge is 0.294 e. The molecule has 0 aliphatic rings. The molecule has 0 saturated heterocycles. The summed E-state index contributed by atoms with van der Waals surface area (Å²) in [5, 5.41) is 4.06. The van der Waals surface area contributed by atoms with Gasteiger partial charge in [0.15, 0.2) is 0 Å². The average molecular weight is 385 g/mol. The number of aromatic amines is 1. The molecule has 4 aromatic rings. The minimum atomic E-state index is -0.158. The van der Waals surface area contributed by atoms with Crippen molar-refractivity contribution in [1.29, 1.82) is 0 Å². The van der Waals surface area contributed by atoms with Gasteiger partial charge in [0.1, 0.15) is 0 Å². The number of fused-ring (bicyclic) bond motifs is 1. The number of hydrogen-bond acceptors (Lipinski definition) is 5. The molecule has 6 heteroatoms. The third kappa shape index (κ3) is 4.01. The molecule has 0 fully saturated rings. The molecule has 0 saturated carbocycles. The quantitative estimate of drug-likeness (QED) is 0.548. The topological polar surface area (TPSA) is 83.6 Å². The lowest BCUT2D eigenvalue weighted by atomic mass is 10.0. The second kappa shape index (κ2) is 7.47. The molecule has 6 nitrogen and oxygen atoms in total. The molecule has 0 bridgehead atoms. The van der Waals surface area contributed by atoms with Crippen LogP contribution in [0.25, 0.3) is 10.9 Å². The van der Waals surface area contributed by atoms with E-state index in [1.807, 2.05) is 64.1 Å². The minimum absolute atomic E-state index is 0.158. The van der Waals surface area contributed by atoms with E-state index < -0.39 is 0 Å². The lowest BCUT2D eigenvalue weighted by Crippen LogP contribution is -2.19. The lowest BCUT2D eigenvalue weighted by molar-refractivity contribution is 0.977. The van der Waals surface area contributed by atoms with E-state index in [0.29, 0.717) is 29.6 Å². The molecule has 4 rings (SSSR count). The third-order valence-electron chi connectivity index (χ3n) is 4.96. The highest BCUT2D eigenvalue weighted by Crippen LogP contribution is 2.20. The molecule has 146 valence electrons. The number of anilines is 2. The Morgan fingerprint density at radius 1 is 0.897 bits per heavy atom. The molecule has 2 aromatic carbocycles. The van der Waals surface area contributed by atoms with Crippen molar-refractivity contribution in [3.8, 4) is 0 Å². The zero-order valence-electron chi connectivity index (χ0n) is 17.0. The Hall–Kier alpha value is -3.54. The molecular formula is C23H23N5O. The maximum absolute atomic E-state index is 12.7. The van der Waals surface area contributed by atoms with E-state index in [-0.39, 0.29) is 5.56 Å². The van der Waals surface area contributed by atoms with Gasteiger partial charge < -0.3 is 0 Å². The van der Waals surface area contributed by atoms with Gasteiger partial charge in [0.25, 0.3) is 5.56 Å². The fraction of sp³-hybridized carbons (Fsp3) is 0.217. The fourth-order valence-electron chi connectivity index (χ4n) is 3.46. The maximum Gasteiger partial charge on any atom is 0.256 e. The Labute approximate surface area is 169 Å². The van der Waals surface area contributed by atoms with Crippen LogP contribution in [-0.2, 0) is 6.42 Å². The van der Waals surface area contributed by atoms with Gasteiger partial charge in [-0.25, -0.2) is 15.0 Å². The van der Waals surface area contributed by atoms with Crippen molar-refractivity contribution in [2.45, 2.75) is 34.1 Å². The molecule has 0 amide bonds. The van der Waals surface area contributed by atoms with E-state index in [1.54, 1.807) is 0 Å². The molecule has 0 atom stereocenters. The predicted molar refractivity (Wildman–Crippen MR) is 116 cm³/mol. The number of hydrogen-bond donors (Lipinski definition) is 2. The Morgan fingerprint density at radius 3 is 2.45 bits per heavy atom. The van der Waals surface area contributed by atoms with Crippen LogP contribution in [0, 0.1) is 27.7 Å². The number of H-pyrrole nitrogens is 1. The lowest BCUT2D eigenvalue weighted by Gasteiger charge is -2.10. The van der Waals surface area contributed by atoms with Gasteiger partial charge in [-0.15, -0.1) is 0 Å². The highest BCUT2D eigenvalue weighted by atomic mass is 16.1. The number of aryl methyl sites for hydroxylation is 4. The van der Waals surface area contributed by atoms with E-state index in [1.165, 1.54) is 5.56 Å². The van der Waals surface area contributed by atoms with E-state index in [9.17, 15) is 4.79 Å². The van der Waals surface area contributed by atoms with Crippen LogP contribution in [-0.4, -0.2) is 19.9 Å². The van der Waals surface area contributed by atoms with Gasteiger partial charge in [-0.3, -0.25) is 15.1 Å². The van der Waals surface area contributed by atoms with E-state index in [0.717, 1.165) is 27.7 Å². The molecule has 2 aromatic heterocycles. The first-order valence-corrected chi connectivity index (χ1v) is 9.56. The molecule has 29 heavy (non-hydrogen) atoms. The summed E-state index contributed by atoms with van der Waals surface area (Å²) >= 11 is 0. The SMILES string of the molecule is Cc1cccc(Cc2c(C)nc(Nc3nc(C)c4ccc(C)cc4n3)[nH]c2=O)c1. The molecule has 0 unspecified atom stereocenters. The fourth-order valence-corrected chi connectivity index (χ4v) is 3.46. The smallest absolute Gasteiger partial charge is 0.256 e. The van der Waals surface area contributed by atoms with Gasteiger partial charge in [0.05, 0.1) is 16.9 Å². The highest BCUT2D eigenvalue weighted by Gasteiger charge is 2.11. The van der Waals surface area contributed by atoms with Crippen LogP contribution >= 0.6 is 0 Å². The Morgan fingerprint density at radius 2 is 1.69 bits per heavy atom. The average Bonchev–Trinajstić information content (AvgIpc) is 2.64. The third-order valence-corrected chi connectivity index (χ3v) is 4.96. The summed E-state index contributed by atoms with van der Waals surface area (Å²) in [5.41, 5.74) is 6.30. The molecule has 0 spiro atoms. The number of nitrogens with zero attached hydrogens (tertiary/aromatic N) is 3. The highest BCUT2D eigenvalue weighted by molar-refractivity contribution is 5.82. The van der Waals surface area contributed by atoms with Gasteiger partial charge in [0, 0.05) is 17.4 Å². The number of nitrogens with one attached hydrogen (secondary N) is 2. The summed E-state index contributed by atoms with van der Waals surface area (Å²) in [6.45, 7) is 7.86. The van der Waals surface area contributed by atoms with Crippen LogP contribution in [0.15, 0.2) is 47.3 Å². The molecule has 0 aliphatic heterocycles. The summed E-state index contributed by atoms with van der Waals surface area (Å²) < 4.78 is 0. The Balaban J connectivity index is 1.65. The first-order valence-electron chi connectivity index (χ1n) is 9.56. The number of rotatable bonds is 4. The standard InChI is InChI=1S/C23H23N5O/c1-13-6-5-7-17(10-13)12-19-16(4)25-23(27-21(19)29)28-22-24-15(3)18-9-8-14(2)11-20(18)26-22/h5-11H,12H2,1-4H3,(H2,24,25,26,27,28,29). The minimum Gasteiger partial charge on any atom is -0.294 e. The number of benzene rings is 2. The van der Waals surface area contributed by atoms with Crippen LogP contribution < -0.4 is 10.9 Å². The van der Waals surface area contributed by atoms with Crippen molar-refractivity contribution in [1.82, 2.24) is 19.9 Å². The Bertz CT molecular complexity index is 1280. The maximum atomic E-state index is 12.7. The van der Waals surface area contributed by atoms with E-state index in [4.69, 9.17) is 0 Å². The summed E-state index contributed by atoms with van der Waals surface area (Å²) in [7, 11) is 0. The summed E-state index contributed by atoms with van der Waals surface area (Å²) in [4.78, 5) is 29.1. The van der Waals surface area contributed by atoms with Crippen LogP contribution in [0.4, 0.5) is 11.9 Å². The second-order valence-electron chi connectivity index (χ2n) is 7.42. The van der Waals surface area contributed by atoms with Gasteiger partial charge in [-0.05, 0) is 44.9 Å². The Kier molecular flexibility index (Phi) is 4.84. The van der Waals surface area contributed by atoms with Gasteiger partial charge >= 0.3 is 0 Å². The van der Waals surface area contributed by atoms with Crippen LogP contribution in [0.2, 0.25) is 0 Å². The zero-order chi connectivity index (χ0) is 20.5.